The fraction of sp³-hybridized carbons (Fsp3) is 0.227. The van der Waals surface area contributed by atoms with E-state index in [0.29, 0.717) is 28.7 Å². The van der Waals surface area contributed by atoms with Crippen LogP contribution in [0.3, 0.4) is 0 Å². The highest BCUT2D eigenvalue weighted by molar-refractivity contribution is 7.16. The maximum atomic E-state index is 12.9. The summed E-state index contributed by atoms with van der Waals surface area (Å²) in [6, 6.07) is 13.4. The van der Waals surface area contributed by atoms with E-state index >= 15 is 0 Å². The third-order valence-electron chi connectivity index (χ3n) is 4.15. The van der Waals surface area contributed by atoms with E-state index in [0.717, 1.165) is 5.56 Å². The lowest BCUT2D eigenvalue weighted by Gasteiger charge is -2.18. The molecular formula is C22H22N2O4S. The summed E-state index contributed by atoms with van der Waals surface area (Å²) < 4.78 is 10.3. The highest BCUT2D eigenvalue weighted by Gasteiger charge is 2.22. The van der Waals surface area contributed by atoms with Gasteiger partial charge in [-0.1, -0.05) is 30.3 Å². The van der Waals surface area contributed by atoms with Crippen molar-refractivity contribution in [2.24, 2.45) is 0 Å². The van der Waals surface area contributed by atoms with E-state index in [9.17, 15) is 9.59 Å². The van der Waals surface area contributed by atoms with Crippen molar-refractivity contribution < 1.29 is 18.7 Å². The van der Waals surface area contributed by atoms with E-state index in [1.807, 2.05) is 30.3 Å². The van der Waals surface area contributed by atoms with Crippen LogP contribution in [0.1, 0.15) is 33.6 Å². The Balaban J connectivity index is 1.84. The second-order valence-electron chi connectivity index (χ2n) is 6.20. The molecule has 2 heterocycles. The molecule has 0 radical (unpaired) electrons. The zero-order valence-corrected chi connectivity index (χ0v) is 17.1. The van der Waals surface area contributed by atoms with Gasteiger partial charge in [-0.15, -0.1) is 11.3 Å². The van der Waals surface area contributed by atoms with E-state index in [-0.39, 0.29) is 18.2 Å². The van der Waals surface area contributed by atoms with Gasteiger partial charge in [0.05, 0.1) is 12.9 Å². The van der Waals surface area contributed by atoms with E-state index in [1.54, 1.807) is 43.2 Å². The Morgan fingerprint density at radius 1 is 1.21 bits per heavy atom. The quantitative estimate of drug-likeness (QED) is 0.404. The van der Waals surface area contributed by atoms with Crippen LogP contribution in [0.5, 0.6) is 0 Å². The molecule has 0 unspecified atom stereocenters. The number of nitrogens with zero attached hydrogens (tertiary/aromatic N) is 2. The Bertz CT molecular complexity index is 978. The Hall–Kier alpha value is -3.19. The fourth-order valence-corrected chi connectivity index (χ4v) is 3.63. The predicted octanol–water partition coefficient (Wildman–Crippen LogP) is 4.51. The monoisotopic (exact) mass is 410 g/mol. The first-order valence-electron chi connectivity index (χ1n) is 9.30. The molecule has 0 bridgehead atoms. The van der Waals surface area contributed by atoms with Gasteiger partial charge < -0.3 is 9.15 Å². The summed E-state index contributed by atoms with van der Waals surface area (Å²) >= 11 is 1.30. The first kappa shape index (κ1) is 20.5. The number of amides is 1. The van der Waals surface area contributed by atoms with Crippen LogP contribution in [0.2, 0.25) is 0 Å². The Morgan fingerprint density at radius 2 is 2.00 bits per heavy atom. The van der Waals surface area contributed by atoms with Crippen molar-refractivity contribution in [2.75, 3.05) is 18.1 Å². The van der Waals surface area contributed by atoms with Gasteiger partial charge in [0.1, 0.15) is 5.76 Å². The van der Waals surface area contributed by atoms with Gasteiger partial charge in [-0.05, 0) is 44.0 Å². The van der Waals surface area contributed by atoms with Gasteiger partial charge >= 0.3 is 5.97 Å². The highest BCUT2D eigenvalue weighted by atomic mass is 32.1. The molecule has 3 rings (SSSR count). The lowest BCUT2D eigenvalue weighted by Crippen LogP contribution is -2.31. The Morgan fingerprint density at radius 3 is 2.69 bits per heavy atom. The molecule has 0 fully saturated rings. The van der Waals surface area contributed by atoms with Gasteiger partial charge in [-0.2, -0.15) is 0 Å². The van der Waals surface area contributed by atoms with Crippen LogP contribution in [-0.4, -0.2) is 30.0 Å². The molecular weight excluding hydrogens is 388 g/mol. The smallest absolute Gasteiger partial charge is 0.358 e. The zero-order valence-electron chi connectivity index (χ0n) is 16.3. The summed E-state index contributed by atoms with van der Waals surface area (Å²) in [5, 5.41) is 0.468. The zero-order chi connectivity index (χ0) is 20.6. The third kappa shape index (κ3) is 5.42. The number of benzene rings is 1. The van der Waals surface area contributed by atoms with Gasteiger partial charge in [0.25, 0.3) is 5.91 Å². The number of ether oxygens (including phenoxy) is 1. The van der Waals surface area contributed by atoms with E-state index in [2.05, 4.69) is 4.98 Å². The van der Waals surface area contributed by atoms with Crippen molar-refractivity contribution in [1.82, 2.24) is 4.98 Å². The summed E-state index contributed by atoms with van der Waals surface area (Å²) in [4.78, 5) is 31.7. The van der Waals surface area contributed by atoms with Crippen molar-refractivity contribution in [3.8, 4) is 0 Å². The van der Waals surface area contributed by atoms with Crippen LogP contribution in [-0.2, 0) is 16.0 Å². The third-order valence-corrected chi connectivity index (χ3v) is 5.15. The van der Waals surface area contributed by atoms with Crippen molar-refractivity contribution in [2.45, 2.75) is 20.3 Å². The lowest BCUT2D eigenvalue weighted by molar-refractivity contribution is -0.114. The molecule has 1 aromatic carbocycles. The Kier molecular flexibility index (Phi) is 6.97. The molecule has 6 nitrogen and oxygen atoms in total. The van der Waals surface area contributed by atoms with Crippen LogP contribution < -0.4 is 4.90 Å². The fourth-order valence-electron chi connectivity index (χ4n) is 2.70. The van der Waals surface area contributed by atoms with Gasteiger partial charge in [0.15, 0.2) is 10.8 Å². The largest absolute Gasteiger partial charge is 0.465 e. The molecule has 0 atom stereocenters. The summed E-state index contributed by atoms with van der Waals surface area (Å²) in [7, 11) is 0. The van der Waals surface area contributed by atoms with Crippen LogP contribution in [0, 0.1) is 6.92 Å². The lowest BCUT2D eigenvalue weighted by atomic mass is 10.1. The maximum Gasteiger partial charge on any atom is 0.358 e. The van der Waals surface area contributed by atoms with Crippen molar-refractivity contribution in [3.05, 3.63) is 76.7 Å². The molecule has 0 spiro atoms. The van der Waals surface area contributed by atoms with Crippen molar-refractivity contribution in [1.29, 1.82) is 0 Å². The number of esters is 1. The maximum absolute atomic E-state index is 12.9. The van der Waals surface area contributed by atoms with Crippen molar-refractivity contribution in [3.63, 3.8) is 0 Å². The van der Waals surface area contributed by atoms with Gasteiger partial charge in [0, 0.05) is 17.5 Å². The SMILES string of the molecule is CCOC(=O)c1nc(N(CCc2ccccc2)C(=O)/C=C/c2ccco2)sc1C. The summed E-state index contributed by atoms with van der Waals surface area (Å²) in [5.41, 5.74) is 1.36. The topological polar surface area (TPSA) is 72.6 Å². The normalized spacial score (nSPS) is 11.0. The minimum atomic E-state index is -0.478. The number of hydrogen-bond donors (Lipinski definition) is 0. The minimum Gasteiger partial charge on any atom is -0.465 e. The molecule has 2 aromatic heterocycles. The number of aryl methyl sites for hydroxylation is 1. The Labute approximate surface area is 173 Å². The number of hydrogen-bond acceptors (Lipinski definition) is 6. The van der Waals surface area contributed by atoms with Crippen LogP contribution >= 0.6 is 11.3 Å². The molecule has 0 N–H and O–H groups in total. The predicted molar refractivity (Wildman–Crippen MR) is 113 cm³/mol. The second kappa shape index (κ2) is 9.84. The molecule has 0 aliphatic rings. The number of aromatic nitrogens is 1. The van der Waals surface area contributed by atoms with Gasteiger partial charge in [0.2, 0.25) is 0 Å². The minimum absolute atomic E-state index is 0.235. The summed E-state index contributed by atoms with van der Waals surface area (Å²) in [6.45, 7) is 4.25. The van der Waals surface area contributed by atoms with Crippen LogP contribution in [0.25, 0.3) is 6.08 Å². The van der Waals surface area contributed by atoms with E-state index in [1.165, 1.54) is 17.4 Å². The first-order valence-corrected chi connectivity index (χ1v) is 10.1. The number of anilines is 1. The van der Waals surface area contributed by atoms with E-state index in [4.69, 9.17) is 9.15 Å². The number of rotatable bonds is 8. The second-order valence-corrected chi connectivity index (χ2v) is 7.38. The number of furan rings is 1. The molecule has 0 saturated heterocycles. The standard InChI is InChI=1S/C22H22N2O4S/c1-3-27-21(26)20-16(2)29-22(23-20)24(14-13-17-8-5-4-6-9-17)19(25)12-11-18-10-7-15-28-18/h4-12,15H,3,13-14H2,1-2H3/b12-11+. The average Bonchev–Trinajstić information content (AvgIpc) is 3.37. The molecule has 1 amide bonds. The molecule has 0 aliphatic heterocycles. The highest BCUT2D eigenvalue weighted by Crippen LogP contribution is 2.27. The van der Waals surface area contributed by atoms with Gasteiger partial charge in [-0.25, -0.2) is 9.78 Å². The average molecular weight is 410 g/mol. The molecule has 0 saturated carbocycles. The van der Waals surface area contributed by atoms with Crippen molar-refractivity contribution >= 4 is 34.4 Å². The number of carbonyl (C=O) groups is 2. The van der Waals surface area contributed by atoms with Crippen LogP contribution in [0.15, 0.2) is 59.2 Å². The number of thiazole rings is 1. The summed E-state index contributed by atoms with van der Waals surface area (Å²) in [5.74, 6) is -0.125. The summed E-state index contributed by atoms with van der Waals surface area (Å²) in [6.07, 6.45) is 5.27. The van der Waals surface area contributed by atoms with Crippen LogP contribution in [0.4, 0.5) is 5.13 Å². The molecule has 0 aliphatic carbocycles. The first-order chi connectivity index (χ1) is 14.1. The van der Waals surface area contributed by atoms with E-state index < -0.39 is 5.97 Å². The van der Waals surface area contributed by atoms with Gasteiger partial charge in [-0.3, -0.25) is 9.69 Å². The molecule has 150 valence electrons. The molecule has 29 heavy (non-hydrogen) atoms. The molecule has 7 heteroatoms. The molecule has 3 aromatic rings. The number of carbonyl (C=O) groups excluding carboxylic acids is 2.